The van der Waals surface area contributed by atoms with Crippen molar-refractivity contribution in [1.29, 1.82) is 0 Å². The van der Waals surface area contributed by atoms with E-state index in [-0.39, 0.29) is 0 Å². The molecule has 1 nitrogen and oxygen atoms in total. The van der Waals surface area contributed by atoms with Crippen LogP contribution in [-0.4, -0.2) is 0 Å². The van der Waals surface area contributed by atoms with E-state index < -0.39 is 0 Å². The smallest absolute Gasteiger partial charge is 0.0458 e. The van der Waals surface area contributed by atoms with Crippen LogP contribution in [0.4, 0.5) is 5.69 Å². The van der Waals surface area contributed by atoms with Crippen molar-refractivity contribution in [2.75, 3.05) is 5.73 Å². The second-order valence-corrected chi connectivity index (χ2v) is 6.34. The molecule has 2 rings (SSSR count). The number of anilines is 1. The molecule has 1 unspecified atom stereocenters. The van der Waals surface area contributed by atoms with Gasteiger partial charge in [0.2, 0.25) is 0 Å². The average molecular weight is 223 g/mol. The third-order valence-corrected chi connectivity index (χ3v) is 5.27. The van der Waals surface area contributed by atoms with Crippen LogP contribution in [0.2, 0.25) is 0 Å². The molecule has 1 heterocycles. The van der Waals surface area contributed by atoms with Crippen molar-refractivity contribution < 1.29 is 0 Å². The van der Waals surface area contributed by atoms with Crippen LogP contribution in [0.25, 0.3) is 0 Å². The number of nitrogens with two attached hydrogens (primary N) is 1. The van der Waals surface area contributed by atoms with Gasteiger partial charge in [-0.15, -0.1) is 11.3 Å². The molecule has 84 valence electrons. The molecule has 0 saturated carbocycles. The van der Waals surface area contributed by atoms with E-state index in [1.807, 2.05) is 11.3 Å². The van der Waals surface area contributed by atoms with E-state index in [0.29, 0.717) is 5.41 Å². The van der Waals surface area contributed by atoms with Gasteiger partial charge in [-0.2, -0.15) is 0 Å². The standard InChI is InChI=1S/C13H21NS/c1-4-13(2,3)9-5-6-10-11(14)8-15-12(10)7-9/h8-9H,4-7,14H2,1-3H3. The van der Waals surface area contributed by atoms with Crippen LogP contribution in [0.5, 0.6) is 0 Å². The van der Waals surface area contributed by atoms with Crippen molar-refractivity contribution in [3.8, 4) is 0 Å². The highest BCUT2D eigenvalue weighted by Crippen LogP contribution is 2.42. The topological polar surface area (TPSA) is 26.0 Å². The Hall–Kier alpha value is -0.500. The summed E-state index contributed by atoms with van der Waals surface area (Å²) in [5.74, 6) is 0.841. The Morgan fingerprint density at radius 1 is 1.53 bits per heavy atom. The number of hydrogen-bond acceptors (Lipinski definition) is 2. The fourth-order valence-corrected chi connectivity index (χ4v) is 3.56. The molecule has 0 saturated heterocycles. The third-order valence-electron chi connectivity index (χ3n) is 4.20. The number of thiophene rings is 1. The van der Waals surface area contributed by atoms with E-state index >= 15 is 0 Å². The second-order valence-electron chi connectivity index (χ2n) is 5.37. The van der Waals surface area contributed by atoms with Gasteiger partial charge in [-0.25, -0.2) is 0 Å². The molecule has 1 aromatic rings. The summed E-state index contributed by atoms with van der Waals surface area (Å²) in [6.07, 6.45) is 5.03. The van der Waals surface area contributed by atoms with E-state index in [4.69, 9.17) is 5.73 Å². The van der Waals surface area contributed by atoms with E-state index in [9.17, 15) is 0 Å². The van der Waals surface area contributed by atoms with Crippen LogP contribution >= 0.6 is 11.3 Å². The predicted octanol–water partition coefficient (Wildman–Crippen LogP) is 3.87. The second kappa shape index (κ2) is 3.82. The van der Waals surface area contributed by atoms with E-state index in [1.165, 1.54) is 31.2 Å². The van der Waals surface area contributed by atoms with Crippen LogP contribution in [-0.2, 0) is 12.8 Å². The van der Waals surface area contributed by atoms with Gasteiger partial charge in [0.1, 0.15) is 0 Å². The van der Waals surface area contributed by atoms with Gasteiger partial charge in [0, 0.05) is 15.9 Å². The highest BCUT2D eigenvalue weighted by Gasteiger charge is 2.32. The molecular weight excluding hydrogens is 202 g/mol. The van der Waals surface area contributed by atoms with Crippen LogP contribution in [0, 0.1) is 11.3 Å². The summed E-state index contributed by atoms with van der Waals surface area (Å²) < 4.78 is 0. The van der Waals surface area contributed by atoms with Crippen molar-refractivity contribution in [2.45, 2.75) is 46.5 Å². The first-order valence-electron chi connectivity index (χ1n) is 5.89. The Bertz CT molecular complexity index is 351. The minimum atomic E-state index is 0.483. The number of nitrogen functional groups attached to an aromatic ring is 1. The van der Waals surface area contributed by atoms with Gasteiger partial charge in [0.05, 0.1) is 0 Å². The lowest BCUT2D eigenvalue weighted by atomic mass is 9.70. The van der Waals surface area contributed by atoms with E-state index in [0.717, 1.165) is 11.6 Å². The highest BCUT2D eigenvalue weighted by molar-refractivity contribution is 7.10. The van der Waals surface area contributed by atoms with Gasteiger partial charge in [0.15, 0.2) is 0 Å². The minimum Gasteiger partial charge on any atom is -0.398 e. The molecule has 1 aliphatic carbocycles. The lowest BCUT2D eigenvalue weighted by molar-refractivity contribution is 0.184. The van der Waals surface area contributed by atoms with Crippen LogP contribution in [0.3, 0.4) is 0 Å². The quantitative estimate of drug-likeness (QED) is 0.809. The zero-order valence-electron chi connectivity index (χ0n) is 9.97. The van der Waals surface area contributed by atoms with Gasteiger partial charge in [-0.3, -0.25) is 0 Å². The van der Waals surface area contributed by atoms with Crippen LogP contribution in [0.15, 0.2) is 5.38 Å². The summed E-state index contributed by atoms with van der Waals surface area (Å²) in [7, 11) is 0. The van der Waals surface area contributed by atoms with Crippen molar-refractivity contribution in [3.05, 3.63) is 15.8 Å². The lowest BCUT2D eigenvalue weighted by Gasteiger charge is -2.36. The molecule has 0 amide bonds. The largest absolute Gasteiger partial charge is 0.398 e. The molecule has 0 spiro atoms. The van der Waals surface area contributed by atoms with Crippen LogP contribution < -0.4 is 5.73 Å². The highest BCUT2D eigenvalue weighted by atomic mass is 32.1. The molecule has 1 aliphatic rings. The van der Waals surface area contributed by atoms with Crippen molar-refractivity contribution >= 4 is 17.0 Å². The van der Waals surface area contributed by atoms with Gasteiger partial charge in [0.25, 0.3) is 0 Å². The van der Waals surface area contributed by atoms with Crippen molar-refractivity contribution in [1.82, 2.24) is 0 Å². The Labute approximate surface area is 96.7 Å². The minimum absolute atomic E-state index is 0.483. The summed E-state index contributed by atoms with van der Waals surface area (Å²) in [4.78, 5) is 1.55. The summed E-state index contributed by atoms with van der Waals surface area (Å²) in [6.45, 7) is 7.11. The SMILES string of the molecule is CCC(C)(C)C1CCc2c(N)csc2C1. The predicted molar refractivity (Wildman–Crippen MR) is 68.3 cm³/mol. The van der Waals surface area contributed by atoms with Crippen molar-refractivity contribution in [3.63, 3.8) is 0 Å². The maximum absolute atomic E-state index is 5.96. The normalized spacial score (nSPS) is 21.4. The zero-order chi connectivity index (χ0) is 11.1. The Morgan fingerprint density at radius 2 is 2.27 bits per heavy atom. The maximum atomic E-state index is 5.96. The molecule has 0 aromatic carbocycles. The summed E-state index contributed by atoms with van der Waals surface area (Å²) in [5.41, 5.74) is 8.92. The molecule has 0 bridgehead atoms. The molecule has 2 heteroatoms. The van der Waals surface area contributed by atoms with Gasteiger partial charge < -0.3 is 5.73 Å². The molecule has 0 radical (unpaired) electrons. The number of hydrogen-bond donors (Lipinski definition) is 1. The molecule has 15 heavy (non-hydrogen) atoms. The summed E-state index contributed by atoms with van der Waals surface area (Å²) in [5, 5.41) is 2.12. The van der Waals surface area contributed by atoms with Crippen LogP contribution in [0.1, 0.15) is 44.1 Å². The lowest BCUT2D eigenvalue weighted by Crippen LogP contribution is -2.28. The van der Waals surface area contributed by atoms with Gasteiger partial charge >= 0.3 is 0 Å². The third kappa shape index (κ3) is 1.92. The van der Waals surface area contributed by atoms with E-state index in [2.05, 4.69) is 26.2 Å². The molecular formula is C13H21NS. The summed E-state index contributed by atoms with van der Waals surface area (Å²) >= 11 is 1.86. The first-order valence-corrected chi connectivity index (χ1v) is 6.77. The Balaban J connectivity index is 2.19. The molecule has 1 atom stereocenters. The maximum Gasteiger partial charge on any atom is 0.0458 e. The average Bonchev–Trinajstić information content (AvgIpc) is 2.60. The monoisotopic (exact) mass is 223 g/mol. The first-order chi connectivity index (χ1) is 7.04. The number of fused-ring (bicyclic) bond motifs is 1. The van der Waals surface area contributed by atoms with Gasteiger partial charge in [-0.05, 0) is 36.2 Å². The molecule has 1 aromatic heterocycles. The zero-order valence-corrected chi connectivity index (χ0v) is 10.8. The molecule has 0 fully saturated rings. The van der Waals surface area contributed by atoms with Crippen molar-refractivity contribution in [2.24, 2.45) is 11.3 Å². The Kier molecular flexibility index (Phi) is 2.80. The van der Waals surface area contributed by atoms with E-state index in [1.54, 1.807) is 4.88 Å². The summed E-state index contributed by atoms with van der Waals surface area (Å²) in [6, 6.07) is 0. The Morgan fingerprint density at radius 3 is 2.93 bits per heavy atom. The van der Waals surface area contributed by atoms with Gasteiger partial charge in [-0.1, -0.05) is 27.2 Å². The first kappa shape index (κ1) is 11.0. The molecule has 0 aliphatic heterocycles. The fraction of sp³-hybridized carbons (Fsp3) is 0.692. The number of rotatable bonds is 2. The fourth-order valence-electron chi connectivity index (χ4n) is 2.49. The molecule has 2 N–H and O–H groups in total.